The SMILES string of the molecule is N#CCCCCOCCCC(F)(F)F. The minimum absolute atomic E-state index is 0.0156. The van der Waals surface area contributed by atoms with Crippen LogP contribution in [0.15, 0.2) is 0 Å². The van der Waals surface area contributed by atoms with Gasteiger partial charge in [0, 0.05) is 26.1 Å². The number of unbranched alkanes of at least 4 members (excludes halogenated alkanes) is 2. The summed E-state index contributed by atoms with van der Waals surface area (Å²) in [6, 6.07) is 1.99. The lowest BCUT2D eigenvalue weighted by molar-refractivity contribution is -0.137. The Kier molecular flexibility index (Phi) is 7.21. The highest BCUT2D eigenvalue weighted by Crippen LogP contribution is 2.20. The minimum Gasteiger partial charge on any atom is -0.381 e. The first-order valence-corrected chi connectivity index (χ1v) is 4.58. The Morgan fingerprint density at radius 3 is 2.29 bits per heavy atom. The lowest BCUT2D eigenvalue weighted by Crippen LogP contribution is -2.09. The van der Waals surface area contributed by atoms with Crippen LogP contribution in [0.25, 0.3) is 0 Å². The number of nitriles is 1. The third-order valence-corrected chi connectivity index (χ3v) is 1.58. The maximum Gasteiger partial charge on any atom is 0.389 e. The normalized spacial score (nSPS) is 11.3. The van der Waals surface area contributed by atoms with Crippen LogP contribution in [0.1, 0.15) is 32.1 Å². The van der Waals surface area contributed by atoms with Crippen LogP contribution in [-0.4, -0.2) is 19.4 Å². The van der Waals surface area contributed by atoms with Gasteiger partial charge in [-0.3, -0.25) is 0 Å². The maximum absolute atomic E-state index is 11.6. The van der Waals surface area contributed by atoms with E-state index >= 15 is 0 Å². The molecule has 0 aromatic heterocycles. The van der Waals surface area contributed by atoms with E-state index in [2.05, 4.69) is 0 Å². The number of hydrogen-bond acceptors (Lipinski definition) is 2. The van der Waals surface area contributed by atoms with Gasteiger partial charge in [0.25, 0.3) is 0 Å². The molecule has 0 radical (unpaired) electrons. The predicted molar refractivity (Wildman–Crippen MR) is 45.6 cm³/mol. The molecule has 0 rings (SSSR count). The van der Waals surface area contributed by atoms with E-state index < -0.39 is 12.6 Å². The Morgan fingerprint density at radius 2 is 1.71 bits per heavy atom. The molecule has 0 heterocycles. The molecule has 0 fully saturated rings. The molecule has 0 bridgehead atoms. The van der Waals surface area contributed by atoms with Crippen molar-refractivity contribution >= 4 is 0 Å². The summed E-state index contributed by atoms with van der Waals surface area (Å²) >= 11 is 0. The summed E-state index contributed by atoms with van der Waals surface area (Å²) in [6.45, 7) is 0.589. The van der Waals surface area contributed by atoms with Gasteiger partial charge in [-0.1, -0.05) is 0 Å². The monoisotopic (exact) mass is 209 g/mol. The zero-order chi connectivity index (χ0) is 10.9. The molecule has 2 nitrogen and oxygen atoms in total. The van der Waals surface area contributed by atoms with Crippen LogP contribution >= 0.6 is 0 Å². The van der Waals surface area contributed by atoms with Gasteiger partial charge in [0.2, 0.25) is 0 Å². The topological polar surface area (TPSA) is 33.0 Å². The van der Waals surface area contributed by atoms with Gasteiger partial charge in [-0.2, -0.15) is 18.4 Å². The smallest absolute Gasteiger partial charge is 0.381 e. The van der Waals surface area contributed by atoms with Crippen LogP contribution in [0.3, 0.4) is 0 Å². The van der Waals surface area contributed by atoms with Gasteiger partial charge in [0.15, 0.2) is 0 Å². The second-order valence-corrected chi connectivity index (χ2v) is 2.95. The van der Waals surface area contributed by atoms with E-state index in [1.165, 1.54) is 0 Å². The second-order valence-electron chi connectivity index (χ2n) is 2.95. The summed E-state index contributed by atoms with van der Waals surface area (Å²) in [7, 11) is 0. The quantitative estimate of drug-likeness (QED) is 0.604. The van der Waals surface area contributed by atoms with E-state index in [0.717, 1.165) is 12.8 Å². The Morgan fingerprint density at radius 1 is 1.07 bits per heavy atom. The van der Waals surface area contributed by atoms with E-state index in [1.54, 1.807) is 0 Å². The molecule has 0 N–H and O–H groups in total. The highest BCUT2D eigenvalue weighted by molar-refractivity contribution is 4.67. The van der Waals surface area contributed by atoms with Crippen LogP contribution in [0.2, 0.25) is 0 Å². The van der Waals surface area contributed by atoms with Crippen molar-refractivity contribution < 1.29 is 17.9 Å². The first kappa shape index (κ1) is 13.2. The molecule has 0 aliphatic heterocycles. The molecular formula is C9H14F3NO. The molecule has 0 saturated heterocycles. The molecular weight excluding hydrogens is 195 g/mol. The summed E-state index contributed by atoms with van der Waals surface area (Å²) in [6.07, 6.45) is -2.89. The van der Waals surface area contributed by atoms with E-state index in [4.69, 9.17) is 10.00 Å². The van der Waals surface area contributed by atoms with Crippen molar-refractivity contribution in [3.05, 3.63) is 0 Å². The van der Waals surface area contributed by atoms with Gasteiger partial charge in [-0.25, -0.2) is 0 Å². The zero-order valence-corrected chi connectivity index (χ0v) is 7.94. The lowest BCUT2D eigenvalue weighted by atomic mass is 10.2. The molecule has 0 aliphatic rings. The first-order valence-electron chi connectivity index (χ1n) is 4.58. The van der Waals surface area contributed by atoms with Crippen molar-refractivity contribution in [3.63, 3.8) is 0 Å². The van der Waals surface area contributed by atoms with Crippen LogP contribution in [0.4, 0.5) is 13.2 Å². The number of alkyl halides is 3. The van der Waals surface area contributed by atoms with Gasteiger partial charge in [-0.15, -0.1) is 0 Å². The van der Waals surface area contributed by atoms with E-state index in [0.29, 0.717) is 13.0 Å². The Labute approximate surface area is 81.7 Å². The molecule has 0 atom stereocenters. The van der Waals surface area contributed by atoms with Crippen molar-refractivity contribution in [1.82, 2.24) is 0 Å². The molecule has 5 heteroatoms. The summed E-state index contributed by atoms with van der Waals surface area (Å²) in [4.78, 5) is 0. The van der Waals surface area contributed by atoms with Gasteiger partial charge >= 0.3 is 6.18 Å². The Bertz CT molecular complexity index is 174. The second kappa shape index (κ2) is 7.63. The zero-order valence-electron chi connectivity index (χ0n) is 7.94. The number of hydrogen-bond donors (Lipinski definition) is 0. The van der Waals surface area contributed by atoms with Gasteiger partial charge in [-0.05, 0) is 19.3 Å². The summed E-state index contributed by atoms with van der Waals surface area (Å²) in [5.41, 5.74) is 0. The molecule has 0 spiro atoms. The molecule has 0 unspecified atom stereocenters. The van der Waals surface area contributed by atoms with Crippen molar-refractivity contribution in [1.29, 1.82) is 5.26 Å². The largest absolute Gasteiger partial charge is 0.389 e. The van der Waals surface area contributed by atoms with Crippen molar-refractivity contribution in [2.45, 2.75) is 38.3 Å². The van der Waals surface area contributed by atoms with Crippen molar-refractivity contribution in [3.8, 4) is 6.07 Å². The number of rotatable bonds is 7. The number of halogens is 3. The first-order chi connectivity index (χ1) is 6.56. The molecule has 82 valence electrons. The maximum atomic E-state index is 11.6. The fraction of sp³-hybridized carbons (Fsp3) is 0.889. The average Bonchev–Trinajstić information content (AvgIpc) is 2.08. The Hall–Kier alpha value is -0.760. The summed E-state index contributed by atoms with van der Waals surface area (Å²) in [5, 5.41) is 8.18. The standard InChI is InChI=1S/C9H14F3NO/c10-9(11,12)5-4-8-14-7-3-1-2-6-13/h1-5,7-8H2. The average molecular weight is 209 g/mol. The molecule has 0 aliphatic carbocycles. The van der Waals surface area contributed by atoms with Crippen LogP contribution in [0.5, 0.6) is 0 Å². The number of nitrogens with zero attached hydrogens (tertiary/aromatic N) is 1. The van der Waals surface area contributed by atoms with Gasteiger partial charge in [0.1, 0.15) is 0 Å². The van der Waals surface area contributed by atoms with E-state index in [-0.39, 0.29) is 13.0 Å². The van der Waals surface area contributed by atoms with Crippen LogP contribution in [0, 0.1) is 11.3 Å². The number of ether oxygens (including phenoxy) is 1. The molecule has 0 saturated carbocycles. The van der Waals surface area contributed by atoms with Gasteiger partial charge in [0.05, 0.1) is 6.07 Å². The minimum atomic E-state index is -4.08. The molecule has 14 heavy (non-hydrogen) atoms. The van der Waals surface area contributed by atoms with Crippen LogP contribution in [-0.2, 0) is 4.74 Å². The van der Waals surface area contributed by atoms with E-state index in [9.17, 15) is 13.2 Å². The van der Waals surface area contributed by atoms with Crippen LogP contribution < -0.4 is 0 Å². The molecule has 0 aromatic carbocycles. The van der Waals surface area contributed by atoms with Gasteiger partial charge < -0.3 is 4.74 Å². The Balaban J connectivity index is 3.04. The van der Waals surface area contributed by atoms with Crippen molar-refractivity contribution in [2.24, 2.45) is 0 Å². The summed E-state index contributed by atoms with van der Waals surface area (Å²) in [5.74, 6) is 0. The van der Waals surface area contributed by atoms with E-state index in [1.807, 2.05) is 6.07 Å². The highest BCUT2D eigenvalue weighted by Gasteiger charge is 2.25. The summed E-state index contributed by atoms with van der Waals surface area (Å²) < 4.78 is 39.9. The molecule has 0 aromatic rings. The molecule has 0 amide bonds. The highest BCUT2D eigenvalue weighted by atomic mass is 19.4. The van der Waals surface area contributed by atoms with Crippen molar-refractivity contribution in [2.75, 3.05) is 13.2 Å². The third kappa shape index (κ3) is 11.2. The fourth-order valence-corrected chi connectivity index (χ4v) is 0.885. The lowest BCUT2D eigenvalue weighted by Gasteiger charge is -2.06. The predicted octanol–water partition coefficient (Wildman–Crippen LogP) is 3.04. The third-order valence-electron chi connectivity index (χ3n) is 1.58. The fourth-order valence-electron chi connectivity index (χ4n) is 0.885.